The summed E-state index contributed by atoms with van der Waals surface area (Å²) in [6.07, 6.45) is 2.46. The third-order valence-corrected chi connectivity index (χ3v) is 3.55. The summed E-state index contributed by atoms with van der Waals surface area (Å²) in [4.78, 5) is 15.0. The second kappa shape index (κ2) is 5.89. The van der Waals surface area contributed by atoms with Crippen LogP contribution in [0.2, 0.25) is 0 Å². The van der Waals surface area contributed by atoms with E-state index in [0.717, 1.165) is 16.5 Å². The molecule has 3 N–H and O–H groups in total. The van der Waals surface area contributed by atoms with Crippen molar-refractivity contribution in [2.45, 2.75) is 6.42 Å². The van der Waals surface area contributed by atoms with Crippen molar-refractivity contribution in [2.24, 2.45) is 0 Å². The molecule has 5 heteroatoms. The molecule has 3 rings (SSSR count). The lowest BCUT2D eigenvalue weighted by molar-refractivity contribution is 0.0950. The SMILES string of the molecule is O=C(NCCc1c[nH]c2cc(O)ccc12)c1ccccc1F. The van der Waals surface area contributed by atoms with Gasteiger partial charge in [0.2, 0.25) is 0 Å². The average molecular weight is 298 g/mol. The molecule has 112 valence electrons. The van der Waals surface area contributed by atoms with Crippen molar-refractivity contribution in [3.63, 3.8) is 0 Å². The molecule has 22 heavy (non-hydrogen) atoms. The molecule has 0 unspecified atom stereocenters. The number of phenolic OH excluding ortho intramolecular Hbond substituents is 1. The Balaban J connectivity index is 1.65. The van der Waals surface area contributed by atoms with Crippen molar-refractivity contribution < 1.29 is 14.3 Å². The largest absolute Gasteiger partial charge is 0.508 e. The molecule has 0 aliphatic rings. The van der Waals surface area contributed by atoms with Gasteiger partial charge < -0.3 is 15.4 Å². The predicted molar refractivity (Wildman–Crippen MR) is 82.4 cm³/mol. The van der Waals surface area contributed by atoms with E-state index in [1.807, 2.05) is 12.3 Å². The van der Waals surface area contributed by atoms with Crippen molar-refractivity contribution in [1.82, 2.24) is 10.3 Å². The topological polar surface area (TPSA) is 65.1 Å². The number of fused-ring (bicyclic) bond motifs is 1. The molecule has 1 heterocycles. The monoisotopic (exact) mass is 298 g/mol. The van der Waals surface area contributed by atoms with Crippen LogP contribution in [0.15, 0.2) is 48.7 Å². The van der Waals surface area contributed by atoms with Gasteiger partial charge in [-0.2, -0.15) is 0 Å². The van der Waals surface area contributed by atoms with Gasteiger partial charge in [-0.1, -0.05) is 12.1 Å². The summed E-state index contributed by atoms with van der Waals surface area (Å²) in [6.45, 7) is 0.404. The van der Waals surface area contributed by atoms with Gasteiger partial charge in [0.05, 0.1) is 5.56 Å². The molecule has 0 aliphatic heterocycles. The third-order valence-electron chi connectivity index (χ3n) is 3.55. The van der Waals surface area contributed by atoms with Crippen LogP contribution in [0.5, 0.6) is 5.75 Å². The molecule has 0 atom stereocenters. The van der Waals surface area contributed by atoms with Gasteiger partial charge in [-0.15, -0.1) is 0 Å². The molecule has 3 aromatic rings. The zero-order valence-electron chi connectivity index (χ0n) is 11.8. The van der Waals surface area contributed by atoms with Crippen LogP contribution in [0.3, 0.4) is 0 Å². The molecule has 0 saturated carbocycles. The van der Waals surface area contributed by atoms with E-state index in [1.165, 1.54) is 12.1 Å². The highest BCUT2D eigenvalue weighted by atomic mass is 19.1. The highest BCUT2D eigenvalue weighted by Gasteiger charge is 2.10. The Morgan fingerprint density at radius 2 is 2.05 bits per heavy atom. The number of benzene rings is 2. The number of halogens is 1. The minimum Gasteiger partial charge on any atom is -0.508 e. The zero-order valence-corrected chi connectivity index (χ0v) is 11.8. The van der Waals surface area contributed by atoms with E-state index in [1.54, 1.807) is 24.3 Å². The summed E-state index contributed by atoms with van der Waals surface area (Å²) in [6, 6.07) is 11.0. The van der Waals surface area contributed by atoms with Gasteiger partial charge >= 0.3 is 0 Å². The fourth-order valence-corrected chi connectivity index (χ4v) is 2.43. The maximum atomic E-state index is 13.5. The number of nitrogens with one attached hydrogen (secondary N) is 2. The second-order valence-corrected chi connectivity index (χ2v) is 5.03. The Labute approximate surface area is 126 Å². The summed E-state index contributed by atoms with van der Waals surface area (Å²) < 4.78 is 13.5. The van der Waals surface area contributed by atoms with E-state index in [2.05, 4.69) is 10.3 Å². The molecular formula is C17H15FN2O2. The fraction of sp³-hybridized carbons (Fsp3) is 0.118. The Bertz CT molecular complexity index is 826. The van der Waals surface area contributed by atoms with Crippen LogP contribution in [0.1, 0.15) is 15.9 Å². The molecule has 0 radical (unpaired) electrons. The third kappa shape index (κ3) is 2.79. The van der Waals surface area contributed by atoms with Crippen molar-refractivity contribution in [1.29, 1.82) is 0 Å². The number of hydrogen-bond acceptors (Lipinski definition) is 2. The number of aromatic hydroxyl groups is 1. The van der Waals surface area contributed by atoms with Gasteiger partial charge in [0.25, 0.3) is 5.91 Å². The molecule has 0 aliphatic carbocycles. The highest BCUT2D eigenvalue weighted by molar-refractivity contribution is 5.94. The maximum absolute atomic E-state index is 13.5. The first-order valence-corrected chi connectivity index (χ1v) is 6.97. The Kier molecular flexibility index (Phi) is 3.78. The number of carbonyl (C=O) groups excluding carboxylic acids is 1. The Morgan fingerprint density at radius 3 is 2.86 bits per heavy atom. The van der Waals surface area contributed by atoms with Gasteiger partial charge in [0, 0.05) is 29.7 Å². The first-order chi connectivity index (χ1) is 10.6. The van der Waals surface area contributed by atoms with E-state index < -0.39 is 11.7 Å². The summed E-state index contributed by atoms with van der Waals surface area (Å²) >= 11 is 0. The Morgan fingerprint density at radius 1 is 1.23 bits per heavy atom. The van der Waals surface area contributed by atoms with Crippen LogP contribution in [0, 0.1) is 5.82 Å². The summed E-state index contributed by atoms with van der Waals surface area (Å²) in [7, 11) is 0. The number of rotatable bonds is 4. The molecular weight excluding hydrogens is 283 g/mol. The number of carbonyl (C=O) groups is 1. The second-order valence-electron chi connectivity index (χ2n) is 5.03. The van der Waals surface area contributed by atoms with Crippen LogP contribution >= 0.6 is 0 Å². The minimum atomic E-state index is -0.525. The maximum Gasteiger partial charge on any atom is 0.254 e. The van der Waals surface area contributed by atoms with Gasteiger partial charge in [0.15, 0.2) is 0 Å². The van der Waals surface area contributed by atoms with E-state index in [0.29, 0.717) is 13.0 Å². The summed E-state index contributed by atoms with van der Waals surface area (Å²) in [5.41, 5.74) is 1.92. The fourth-order valence-electron chi connectivity index (χ4n) is 2.43. The van der Waals surface area contributed by atoms with Gasteiger partial charge in [-0.3, -0.25) is 4.79 Å². The normalized spacial score (nSPS) is 10.8. The van der Waals surface area contributed by atoms with Crippen LogP contribution in [0.4, 0.5) is 4.39 Å². The molecule has 1 aromatic heterocycles. The summed E-state index contributed by atoms with van der Waals surface area (Å²) in [5, 5.41) is 13.1. The number of phenols is 1. The van der Waals surface area contributed by atoms with Crippen molar-refractivity contribution >= 4 is 16.8 Å². The number of H-pyrrole nitrogens is 1. The predicted octanol–water partition coefficient (Wildman–Crippen LogP) is 2.99. The Hall–Kier alpha value is -2.82. The number of hydrogen-bond donors (Lipinski definition) is 3. The average Bonchev–Trinajstić information content (AvgIpc) is 2.90. The molecule has 0 fully saturated rings. The van der Waals surface area contributed by atoms with Gasteiger partial charge in [-0.25, -0.2) is 4.39 Å². The lowest BCUT2D eigenvalue weighted by Crippen LogP contribution is -2.26. The number of aromatic amines is 1. The van der Waals surface area contributed by atoms with Crippen LogP contribution in [0.25, 0.3) is 10.9 Å². The standard InChI is InChI=1S/C17H15FN2O2/c18-15-4-2-1-3-14(15)17(22)19-8-7-11-10-20-16-9-12(21)5-6-13(11)16/h1-6,9-10,20-21H,7-8H2,(H,19,22). The molecule has 4 nitrogen and oxygen atoms in total. The molecule has 2 aromatic carbocycles. The van der Waals surface area contributed by atoms with Crippen LogP contribution in [-0.4, -0.2) is 22.5 Å². The molecule has 0 bridgehead atoms. The highest BCUT2D eigenvalue weighted by Crippen LogP contribution is 2.22. The quantitative estimate of drug-likeness (QED) is 0.693. The van der Waals surface area contributed by atoms with E-state index in [4.69, 9.17) is 0 Å². The zero-order chi connectivity index (χ0) is 15.5. The van der Waals surface area contributed by atoms with Gasteiger partial charge in [-0.05, 0) is 36.2 Å². The van der Waals surface area contributed by atoms with E-state index in [-0.39, 0.29) is 11.3 Å². The van der Waals surface area contributed by atoms with Crippen molar-refractivity contribution in [2.75, 3.05) is 6.54 Å². The first kappa shape index (κ1) is 14.1. The van der Waals surface area contributed by atoms with Crippen molar-refractivity contribution in [3.8, 4) is 5.75 Å². The molecule has 1 amide bonds. The van der Waals surface area contributed by atoms with Crippen LogP contribution in [-0.2, 0) is 6.42 Å². The van der Waals surface area contributed by atoms with E-state index in [9.17, 15) is 14.3 Å². The van der Waals surface area contributed by atoms with Crippen molar-refractivity contribution in [3.05, 3.63) is 65.6 Å². The number of aromatic nitrogens is 1. The first-order valence-electron chi connectivity index (χ1n) is 6.97. The lowest BCUT2D eigenvalue weighted by Gasteiger charge is -2.05. The number of amides is 1. The van der Waals surface area contributed by atoms with Crippen LogP contribution < -0.4 is 5.32 Å². The lowest BCUT2D eigenvalue weighted by atomic mass is 10.1. The molecule has 0 saturated heterocycles. The minimum absolute atomic E-state index is 0.0475. The van der Waals surface area contributed by atoms with E-state index >= 15 is 0 Å². The summed E-state index contributed by atoms with van der Waals surface area (Å²) in [5.74, 6) is -0.744. The smallest absolute Gasteiger partial charge is 0.254 e. The molecule has 0 spiro atoms. The van der Waals surface area contributed by atoms with Gasteiger partial charge in [0.1, 0.15) is 11.6 Å².